The van der Waals surface area contributed by atoms with Gasteiger partial charge in [0.05, 0.1) is 13.2 Å². The molecule has 4 saturated heterocycles. The molecule has 1 amide bonds. The normalized spacial score (nSPS) is 30.9. The molecule has 0 unspecified atom stereocenters. The molecule has 146 valence electrons. The number of methoxy groups -OCH3 is 1. The lowest BCUT2D eigenvalue weighted by Crippen LogP contribution is -2.60. The van der Waals surface area contributed by atoms with Crippen molar-refractivity contribution in [3.05, 3.63) is 65.5 Å². The summed E-state index contributed by atoms with van der Waals surface area (Å²) in [4.78, 5) is 18.1. The second-order valence-corrected chi connectivity index (χ2v) is 8.20. The predicted octanol–water partition coefficient (Wildman–Crippen LogP) is 3.54. The highest BCUT2D eigenvalue weighted by atomic mass is 19.1. The highest BCUT2D eigenvalue weighted by molar-refractivity contribution is 5.95. The molecule has 2 bridgehead atoms. The summed E-state index contributed by atoms with van der Waals surface area (Å²) in [5, 5.41) is 0. The van der Waals surface area contributed by atoms with Crippen molar-refractivity contribution >= 4 is 5.91 Å². The topological polar surface area (TPSA) is 32.8 Å². The number of benzene rings is 2. The van der Waals surface area contributed by atoms with Crippen molar-refractivity contribution in [3.63, 3.8) is 0 Å². The summed E-state index contributed by atoms with van der Waals surface area (Å²) in [5.74, 6) is 1.42. The van der Waals surface area contributed by atoms with E-state index in [0.29, 0.717) is 24.1 Å². The second-order valence-electron chi connectivity index (χ2n) is 8.20. The number of carbonyl (C=O) groups excluding carboxylic acids is 1. The number of nitrogens with zero attached hydrogens (tertiary/aromatic N) is 2. The molecule has 4 aliphatic heterocycles. The van der Waals surface area contributed by atoms with Gasteiger partial charge in [0.2, 0.25) is 0 Å². The maximum atomic E-state index is 13.5. The van der Waals surface area contributed by atoms with Crippen LogP contribution in [0.5, 0.6) is 5.75 Å². The van der Waals surface area contributed by atoms with E-state index in [1.54, 1.807) is 7.11 Å². The summed E-state index contributed by atoms with van der Waals surface area (Å²) in [5.41, 5.74) is 1.84. The predicted molar refractivity (Wildman–Crippen MR) is 105 cm³/mol. The highest BCUT2D eigenvalue weighted by Crippen LogP contribution is 2.47. The fraction of sp³-hybridized carbons (Fsp3) is 0.435. The molecule has 4 nitrogen and oxygen atoms in total. The van der Waals surface area contributed by atoms with Crippen molar-refractivity contribution in [2.24, 2.45) is 5.92 Å². The first-order chi connectivity index (χ1) is 13.7. The number of amides is 1. The number of fused-ring (bicyclic) bond motifs is 2. The summed E-state index contributed by atoms with van der Waals surface area (Å²) in [6.07, 6.45) is 2.31. The van der Waals surface area contributed by atoms with Gasteiger partial charge in [0.15, 0.2) is 0 Å². The number of hydrogen-bond donors (Lipinski definition) is 0. The Morgan fingerprint density at radius 2 is 1.68 bits per heavy atom. The van der Waals surface area contributed by atoms with Crippen LogP contribution in [-0.2, 0) is 0 Å². The number of rotatable bonds is 3. The quantitative estimate of drug-likeness (QED) is 0.817. The largest absolute Gasteiger partial charge is 0.497 e. The Kier molecular flexibility index (Phi) is 4.35. The Morgan fingerprint density at radius 3 is 2.32 bits per heavy atom. The van der Waals surface area contributed by atoms with Crippen molar-refractivity contribution in [2.75, 3.05) is 26.7 Å². The molecule has 4 aliphatic rings. The molecule has 28 heavy (non-hydrogen) atoms. The van der Waals surface area contributed by atoms with Gasteiger partial charge in [-0.1, -0.05) is 12.1 Å². The van der Waals surface area contributed by atoms with E-state index in [2.05, 4.69) is 9.80 Å². The zero-order valence-corrected chi connectivity index (χ0v) is 16.1. The molecule has 2 aromatic carbocycles. The van der Waals surface area contributed by atoms with E-state index in [1.165, 1.54) is 12.1 Å². The van der Waals surface area contributed by atoms with Gasteiger partial charge < -0.3 is 9.64 Å². The van der Waals surface area contributed by atoms with Crippen molar-refractivity contribution < 1.29 is 13.9 Å². The summed E-state index contributed by atoms with van der Waals surface area (Å²) >= 11 is 0. The third-order valence-corrected chi connectivity index (χ3v) is 6.89. The number of carbonyl (C=O) groups is 1. The second kappa shape index (κ2) is 6.89. The van der Waals surface area contributed by atoms with Crippen LogP contribution in [-0.4, -0.2) is 54.5 Å². The Morgan fingerprint density at radius 1 is 1.00 bits per heavy atom. The lowest BCUT2D eigenvalue weighted by atomic mass is 9.75. The Labute approximate surface area is 164 Å². The molecule has 3 atom stereocenters. The third-order valence-electron chi connectivity index (χ3n) is 6.89. The molecule has 0 radical (unpaired) electrons. The average molecular weight is 380 g/mol. The van der Waals surface area contributed by atoms with E-state index in [-0.39, 0.29) is 23.7 Å². The number of piperidine rings is 3. The first kappa shape index (κ1) is 17.7. The summed E-state index contributed by atoms with van der Waals surface area (Å²) in [6, 6.07) is 14.8. The minimum Gasteiger partial charge on any atom is -0.497 e. The molecule has 0 saturated carbocycles. The smallest absolute Gasteiger partial charge is 0.254 e. The van der Waals surface area contributed by atoms with Crippen molar-refractivity contribution in [2.45, 2.75) is 30.8 Å². The first-order valence-electron chi connectivity index (χ1n) is 10.1. The van der Waals surface area contributed by atoms with Crippen molar-refractivity contribution in [1.29, 1.82) is 0 Å². The van der Waals surface area contributed by atoms with E-state index >= 15 is 0 Å². The first-order valence-corrected chi connectivity index (χ1v) is 10.1. The lowest BCUT2D eigenvalue weighted by molar-refractivity contribution is -0.00341. The van der Waals surface area contributed by atoms with Gasteiger partial charge in [0, 0.05) is 24.1 Å². The minimum atomic E-state index is -0.213. The monoisotopic (exact) mass is 380 g/mol. The summed E-state index contributed by atoms with van der Waals surface area (Å²) < 4.78 is 18.7. The van der Waals surface area contributed by atoms with Gasteiger partial charge in [-0.05, 0) is 73.8 Å². The van der Waals surface area contributed by atoms with Crippen LogP contribution in [0.25, 0.3) is 0 Å². The van der Waals surface area contributed by atoms with Gasteiger partial charge in [0.1, 0.15) is 11.6 Å². The van der Waals surface area contributed by atoms with Crippen LogP contribution in [0.1, 0.15) is 34.7 Å². The molecule has 0 aromatic heterocycles. The molecule has 5 heteroatoms. The maximum Gasteiger partial charge on any atom is 0.254 e. The third kappa shape index (κ3) is 2.80. The zero-order valence-electron chi connectivity index (χ0n) is 16.1. The van der Waals surface area contributed by atoms with Crippen LogP contribution in [0, 0.1) is 11.7 Å². The van der Waals surface area contributed by atoms with Gasteiger partial charge in [-0.3, -0.25) is 9.69 Å². The SMILES string of the molecule is COc1ccc(C(=O)N2C[C@@H](c3ccc(F)cc3)[C@@H]3[C@H]2C2CCN3CC2)cc1. The highest BCUT2D eigenvalue weighted by Gasteiger charge is 2.54. The van der Waals surface area contributed by atoms with Crippen LogP contribution in [0.15, 0.2) is 48.5 Å². The van der Waals surface area contributed by atoms with Crippen LogP contribution >= 0.6 is 0 Å². The van der Waals surface area contributed by atoms with E-state index in [1.807, 2.05) is 36.4 Å². The lowest BCUT2D eigenvalue weighted by Gasteiger charge is -2.51. The van der Waals surface area contributed by atoms with Gasteiger partial charge in [-0.25, -0.2) is 4.39 Å². The van der Waals surface area contributed by atoms with E-state index < -0.39 is 0 Å². The molecule has 4 heterocycles. The van der Waals surface area contributed by atoms with Gasteiger partial charge in [0.25, 0.3) is 5.91 Å². The van der Waals surface area contributed by atoms with Gasteiger partial charge in [-0.2, -0.15) is 0 Å². The van der Waals surface area contributed by atoms with E-state index in [9.17, 15) is 9.18 Å². The van der Waals surface area contributed by atoms with Crippen molar-refractivity contribution in [3.8, 4) is 5.75 Å². The number of likely N-dealkylation sites (tertiary alicyclic amines) is 1. The average Bonchev–Trinajstić information content (AvgIpc) is 3.17. The fourth-order valence-electron chi connectivity index (χ4n) is 5.56. The van der Waals surface area contributed by atoms with Crippen LogP contribution in [0.3, 0.4) is 0 Å². The Hall–Kier alpha value is -2.40. The zero-order chi connectivity index (χ0) is 19.3. The molecule has 4 fully saturated rings. The molecular formula is C23H25FN2O2. The Bertz CT molecular complexity index is 859. The van der Waals surface area contributed by atoms with Crippen LogP contribution in [0.2, 0.25) is 0 Å². The van der Waals surface area contributed by atoms with Gasteiger partial charge >= 0.3 is 0 Å². The molecule has 0 spiro atoms. The fourth-order valence-corrected chi connectivity index (χ4v) is 5.56. The van der Waals surface area contributed by atoms with Crippen molar-refractivity contribution in [1.82, 2.24) is 9.80 Å². The molecule has 0 N–H and O–H groups in total. The number of halogens is 1. The number of ether oxygens (including phenoxy) is 1. The van der Waals surface area contributed by atoms with E-state index in [4.69, 9.17) is 4.74 Å². The molecular weight excluding hydrogens is 355 g/mol. The van der Waals surface area contributed by atoms with Crippen LogP contribution in [0.4, 0.5) is 4.39 Å². The molecule has 6 rings (SSSR count). The van der Waals surface area contributed by atoms with Gasteiger partial charge in [-0.15, -0.1) is 0 Å². The Balaban J connectivity index is 1.49. The standard InChI is InChI=1S/C23H25FN2O2/c1-28-19-8-4-17(5-9-19)23(27)26-14-20(15-2-6-18(24)7-3-15)22-21(26)16-10-12-25(22)13-11-16/h2-9,16,20-22H,10-14H2,1H3/t20-,21+,22+/m0/s1. The molecule has 2 aromatic rings. The maximum absolute atomic E-state index is 13.5. The van der Waals surface area contributed by atoms with E-state index in [0.717, 1.165) is 37.2 Å². The minimum absolute atomic E-state index is 0.0935. The van der Waals surface area contributed by atoms with Crippen LogP contribution < -0.4 is 4.74 Å². The summed E-state index contributed by atoms with van der Waals surface area (Å²) in [6.45, 7) is 2.90. The summed E-state index contributed by atoms with van der Waals surface area (Å²) in [7, 11) is 1.63. The molecule has 0 aliphatic carbocycles. The number of hydrogen-bond acceptors (Lipinski definition) is 3.